The highest BCUT2D eigenvalue weighted by molar-refractivity contribution is 6.30. The van der Waals surface area contributed by atoms with E-state index in [0.29, 0.717) is 17.6 Å². The van der Waals surface area contributed by atoms with E-state index in [2.05, 4.69) is 5.32 Å². The van der Waals surface area contributed by atoms with Gasteiger partial charge in [-0.05, 0) is 17.7 Å². The molecule has 0 spiro atoms. The van der Waals surface area contributed by atoms with E-state index in [4.69, 9.17) is 16.3 Å². The van der Waals surface area contributed by atoms with E-state index in [0.717, 1.165) is 18.8 Å². The van der Waals surface area contributed by atoms with Gasteiger partial charge in [-0.1, -0.05) is 23.7 Å². The second-order valence-corrected chi connectivity index (χ2v) is 4.15. The van der Waals surface area contributed by atoms with Gasteiger partial charge in [-0.3, -0.25) is 0 Å². The third-order valence-corrected chi connectivity index (χ3v) is 2.74. The van der Waals surface area contributed by atoms with Gasteiger partial charge >= 0.3 is 0 Å². The van der Waals surface area contributed by atoms with Crippen molar-refractivity contribution in [2.24, 2.45) is 0 Å². The van der Waals surface area contributed by atoms with Crippen LogP contribution in [0.15, 0.2) is 24.3 Å². The van der Waals surface area contributed by atoms with Gasteiger partial charge in [-0.25, -0.2) is 0 Å². The Morgan fingerprint density at radius 2 is 2.07 bits per heavy atom. The Kier molecular flexibility index (Phi) is 3.59. The third-order valence-electron chi connectivity index (χ3n) is 2.49. The van der Waals surface area contributed by atoms with Gasteiger partial charge in [0, 0.05) is 11.6 Å². The fraction of sp³-hybridized carbons (Fsp3) is 0.455. The molecule has 0 bridgehead atoms. The minimum atomic E-state index is -0.483. The lowest BCUT2D eigenvalue weighted by molar-refractivity contribution is -0.00981. The molecule has 1 heterocycles. The van der Waals surface area contributed by atoms with Crippen LogP contribution in [-0.4, -0.2) is 30.9 Å². The predicted octanol–water partition coefficient (Wildman–Crippen LogP) is 1.36. The van der Waals surface area contributed by atoms with Gasteiger partial charge in [-0.15, -0.1) is 0 Å². The lowest BCUT2D eigenvalue weighted by Crippen LogP contribution is -2.47. The molecule has 1 aliphatic heterocycles. The molecule has 2 N–H and O–H groups in total. The molecule has 0 amide bonds. The molecule has 4 heteroatoms. The number of benzene rings is 1. The largest absolute Gasteiger partial charge is 0.387 e. The minimum absolute atomic E-state index is 0.395. The van der Waals surface area contributed by atoms with Crippen LogP contribution in [0.5, 0.6) is 0 Å². The maximum absolute atomic E-state index is 9.83. The molecule has 1 aliphatic rings. The molecule has 0 radical (unpaired) electrons. The maximum Gasteiger partial charge on any atom is 0.0914 e. The summed E-state index contributed by atoms with van der Waals surface area (Å²) in [4.78, 5) is 0. The summed E-state index contributed by atoms with van der Waals surface area (Å²) in [6.07, 6.45) is -0.483. The highest BCUT2D eigenvalue weighted by Gasteiger charge is 2.18. The van der Waals surface area contributed by atoms with Gasteiger partial charge in [0.1, 0.15) is 0 Å². The smallest absolute Gasteiger partial charge is 0.0914 e. The van der Waals surface area contributed by atoms with Crippen molar-refractivity contribution in [1.29, 1.82) is 0 Å². The van der Waals surface area contributed by atoms with Crippen LogP contribution in [-0.2, 0) is 4.74 Å². The summed E-state index contributed by atoms with van der Waals surface area (Å²) >= 11 is 5.76. The summed E-state index contributed by atoms with van der Waals surface area (Å²) in [5, 5.41) is 13.7. The van der Waals surface area contributed by atoms with Crippen LogP contribution < -0.4 is 5.32 Å². The Labute approximate surface area is 94.0 Å². The van der Waals surface area contributed by atoms with Crippen LogP contribution in [0.2, 0.25) is 5.02 Å². The molecule has 1 aromatic rings. The van der Waals surface area contributed by atoms with Gasteiger partial charge in [-0.2, -0.15) is 0 Å². The van der Waals surface area contributed by atoms with Crippen LogP contribution in [0.3, 0.4) is 0 Å². The second kappa shape index (κ2) is 4.94. The van der Waals surface area contributed by atoms with E-state index < -0.39 is 6.10 Å². The number of ether oxygens (including phenoxy) is 1. The van der Waals surface area contributed by atoms with Gasteiger partial charge in [0.25, 0.3) is 0 Å². The summed E-state index contributed by atoms with van der Waals surface area (Å²) in [6.45, 7) is 2.04. The predicted molar refractivity (Wildman–Crippen MR) is 59.0 cm³/mol. The number of halogens is 1. The topological polar surface area (TPSA) is 41.5 Å². The van der Waals surface area contributed by atoms with Crippen LogP contribution in [0, 0.1) is 0 Å². The van der Waals surface area contributed by atoms with Crippen molar-refractivity contribution in [3.63, 3.8) is 0 Å². The molecule has 1 unspecified atom stereocenters. The van der Waals surface area contributed by atoms with Gasteiger partial charge < -0.3 is 15.2 Å². The first kappa shape index (κ1) is 10.9. The molecule has 0 aromatic heterocycles. The lowest BCUT2D eigenvalue weighted by Gasteiger charge is -2.28. The molecule has 0 aliphatic carbocycles. The number of nitrogens with one attached hydrogen (secondary N) is 1. The number of aliphatic hydroxyl groups excluding tert-OH is 1. The highest BCUT2D eigenvalue weighted by atomic mass is 35.5. The molecule has 15 heavy (non-hydrogen) atoms. The van der Waals surface area contributed by atoms with Crippen molar-refractivity contribution >= 4 is 11.6 Å². The summed E-state index contributed by atoms with van der Waals surface area (Å²) in [7, 11) is 0. The second-order valence-electron chi connectivity index (χ2n) is 3.71. The first-order valence-electron chi connectivity index (χ1n) is 5.00. The minimum Gasteiger partial charge on any atom is -0.387 e. The van der Waals surface area contributed by atoms with Gasteiger partial charge in [0.15, 0.2) is 0 Å². The molecule has 1 saturated heterocycles. The Hall–Kier alpha value is -0.610. The Bertz CT molecular complexity index is 311. The Balaban J connectivity index is 1.83. The third kappa shape index (κ3) is 2.92. The highest BCUT2D eigenvalue weighted by Crippen LogP contribution is 2.16. The quantitative estimate of drug-likeness (QED) is 0.816. The van der Waals surface area contributed by atoms with Crippen molar-refractivity contribution in [3.05, 3.63) is 34.9 Å². The molecule has 3 nitrogen and oxygen atoms in total. The van der Waals surface area contributed by atoms with Crippen molar-refractivity contribution < 1.29 is 9.84 Å². The average Bonchev–Trinajstić information content (AvgIpc) is 2.16. The van der Waals surface area contributed by atoms with E-state index in [1.54, 1.807) is 12.1 Å². The van der Waals surface area contributed by atoms with Crippen LogP contribution in [0.25, 0.3) is 0 Å². The summed E-state index contributed by atoms with van der Waals surface area (Å²) in [5.41, 5.74) is 0.882. The maximum atomic E-state index is 9.83. The van der Waals surface area contributed by atoms with Crippen molar-refractivity contribution in [1.82, 2.24) is 5.32 Å². The molecule has 1 aromatic carbocycles. The van der Waals surface area contributed by atoms with Crippen LogP contribution in [0.1, 0.15) is 11.7 Å². The molecule has 1 fully saturated rings. The fourth-order valence-corrected chi connectivity index (χ4v) is 1.56. The normalized spacial score (nSPS) is 18.5. The molecule has 0 saturated carbocycles. The number of hydrogen-bond donors (Lipinski definition) is 2. The monoisotopic (exact) mass is 227 g/mol. The fourth-order valence-electron chi connectivity index (χ4n) is 1.43. The Morgan fingerprint density at radius 3 is 2.60 bits per heavy atom. The van der Waals surface area contributed by atoms with Crippen molar-refractivity contribution in [2.75, 3.05) is 19.8 Å². The summed E-state index contributed by atoms with van der Waals surface area (Å²) in [5.74, 6) is 0. The standard InChI is InChI=1S/C11H14ClNO2/c12-9-3-1-8(2-4-9)11(14)5-13-10-6-15-7-10/h1-4,10-11,13-14H,5-7H2. The van der Waals surface area contributed by atoms with Crippen molar-refractivity contribution in [2.45, 2.75) is 12.1 Å². The zero-order chi connectivity index (χ0) is 10.7. The van der Waals surface area contributed by atoms with Gasteiger partial charge in [0.2, 0.25) is 0 Å². The van der Waals surface area contributed by atoms with E-state index >= 15 is 0 Å². The molecular weight excluding hydrogens is 214 g/mol. The number of aliphatic hydroxyl groups is 1. The molecular formula is C11H14ClNO2. The average molecular weight is 228 g/mol. The van der Waals surface area contributed by atoms with E-state index in [1.807, 2.05) is 12.1 Å². The first-order valence-corrected chi connectivity index (χ1v) is 5.38. The summed E-state index contributed by atoms with van der Waals surface area (Å²) in [6, 6.07) is 7.64. The zero-order valence-corrected chi connectivity index (χ0v) is 9.07. The molecule has 2 rings (SSSR count). The number of hydrogen-bond acceptors (Lipinski definition) is 3. The Morgan fingerprint density at radius 1 is 1.40 bits per heavy atom. The van der Waals surface area contributed by atoms with Crippen LogP contribution >= 0.6 is 11.6 Å². The van der Waals surface area contributed by atoms with E-state index in [1.165, 1.54) is 0 Å². The molecule has 1 atom stereocenters. The number of rotatable bonds is 4. The lowest BCUT2D eigenvalue weighted by atomic mass is 10.1. The van der Waals surface area contributed by atoms with Crippen LogP contribution in [0.4, 0.5) is 0 Å². The first-order chi connectivity index (χ1) is 7.25. The summed E-state index contributed by atoms with van der Waals surface area (Å²) < 4.78 is 5.03. The molecule has 82 valence electrons. The van der Waals surface area contributed by atoms with E-state index in [-0.39, 0.29) is 0 Å². The van der Waals surface area contributed by atoms with E-state index in [9.17, 15) is 5.11 Å². The SMILES string of the molecule is OC(CNC1COC1)c1ccc(Cl)cc1. The van der Waals surface area contributed by atoms with Gasteiger partial charge in [0.05, 0.1) is 25.4 Å². The van der Waals surface area contributed by atoms with Crippen molar-refractivity contribution in [3.8, 4) is 0 Å². The zero-order valence-electron chi connectivity index (χ0n) is 8.32.